The van der Waals surface area contributed by atoms with E-state index in [-0.39, 0.29) is 5.54 Å². The highest BCUT2D eigenvalue weighted by Gasteiger charge is 2.24. The van der Waals surface area contributed by atoms with Crippen LogP contribution in [-0.2, 0) is 12.8 Å². The second-order valence-corrected chi connectivity index (χ2v) is 4.97. The van der Waals surface area contributed by atoms with Crippen LogP contribution >= 0.6 is 0 Å². The quantitative estimate of drug-likeness (QED) is 0.821. The van der Waals surface area contributed by atoms with Crippen molar-refractivity contribution < 1.29 is 0 Å². The molecular weight excluding hydrogens is 210 g/mol. The maximum Gasteiger partial charge on any atom is 0.126 e. The topological polar surface area (TPSA) is 50.9 Å². The zero-order valence-electron chi connectivity index (χ0n) is 10.9. The van der Waals surface area contributed by atoms with Gasteiger partial charge in [-0.15, -0.1) is 0 Å². The molecule has 0 atom stereocenters. The number of nitrogens with two attached hydrogens (primary N) is 1. The van der Waals surface area contributed by atoms with Crippen LogP contribution in [0.4, 0.5) is 5.82 Å². The monoisotopic (exact) mass is 233 g/mol. The van der Waals surface area contributed by atoms with E-state index in [0.717, 1.165) is 25.1 Å². The lowest BCUT2D eigenvalue weighted by molar-refractivity contribution is 0.443. The molecule has 2 rings (SSSR count). The molecule has 0 amide bonds. The molecule has 17 heavy (non-hydrogen) atoms. The van der Waals surface area contributed by atoms with Gasteiger partial charge in [0.1, 0.15) is 5.82 Å². The molecule has 0 aromatic carbocycles. The Morgan fingerprint density at radius 2 is 2.06 bits per heavy atom. The number of hydrogen-bond donors (Lipinski definition) is 2. The van der Waals surface area contributed by atoms with Crippen molar-refractivity contribution in [3.8, 4) is 0 Å². The second-order valence-electron chi connectivity index (χ2n) is 4.97. The van der Waals surface area contributed by atoms with Crippen molar-refractivity contribution in [3.63, 3.8) is 0 Å². The van der Waals surface area contributed by atoms with E-state index in [9.17, 15) is 0 Å². The first kappa shape index (κ1) is 12.4. The van der Waals surface area contributed by atoms with Crippen LogP contribution in [0.2, 0.25) is 0 Å². The second kappa shape index (κ2) is 5.05. The maximum atomic E-state index is 5.90. The van der Waals surface area contributed by atoms with E-state index < -0.39 is 0 Å². The summed E-state index contributed by atoms with van der Waals surface area (Å²) >= 11 is 0. The number of fused-ring (bicyclic) bond motifs is 1. The van der Waals surface area contributed by atoms with Crippen LogP contribution in [-0.4, -0.2) is 17.1 Å². The lowest BCUT2D eigenvalue weighted by Crippen LogP contribution is -2.44. The Labute approximate surface area is 104 Å². The highest BCUT2D eigenvalue weighted by atomic mass is 15.1. The molecule has 1 aromatic heterocycles. The summed E-state index contributed by atoms with van der Waals surface area (Å²) < 4.78 is 0. The molecule has 0 fully saturated rings. The van der Waals surface area contributed by atoms with Gasteiger partial charge in [0.15, 0.2) is 0 Å². The van der Waals surface area contributed by atoms with Crippen molar-refractivity contribution in [2.45, 2.75) is 51.5 Å². The van der Waals surface area contributed by atoms with Crippen LogP contribution in [0.3, 0.4) is 0 Å². The van der Waals surface area contributed by atoms with Gasteiger partial charge in [-0.05, 0) is 43.7 Å². The molecule has 1 aliphatic carbocycles. The van der Waals surface area contributed by atoms with Gasteiger partial charge in [-0.25, -0.2) is 4.98 Å². The third-order valence-electron chi connectivity index (χ3n) is 4.07. The molecular formula is C14H23N3. The first-order valence-electron chi connectivity index (χ1n) is 6.70. The predicted molar refractivity (Wildman–Crippen MR) is 72.3 cm³/mol. The van der Waals surface area contributed by atoms with Crippen LogP contribution in [0.1, 0.15) is 44.4 Å². The molecule has 1 heterocycles. The van der Waals surface area contributed by atoms with Gasteiger partial charge in [0.2, 0.25) is 0 Å². The van der Waals surface area contributed by atoms with Gasteiger partial charge in [-0.3, -0.25) is 0 Å². The van der Waals surface area contributed by atoms with E-state index in [0.29, 0.717) is 6.54 Å². The molecule has 0 saturated heterocycles. The number of aromatic nitrogens is 1. The largest absolute Gasteiger partial charge is 0.363 e. The van der Waals surface area contributed by atoms with Crippen molar-refractivity contribution in [1.82, 2.24) is 4.98 Å². The summed E-state index contributed by atoms with van der Waals surface area (Å²) in [5.41, 5.74) is 8.59. The number of nitrogens with one attached hydrogen (secondary N) is 1. The fourth-order valence-corrected chi connectivity index (χ4v) is 2.53. The van der Waals surface area contributed by atoms with Crippen LogP contribution in [0.25, 0.3) is 0 Å². The van der Waals surface area contributed by atoms with Crippen LogP contribution in [0, 0.1) is 0 Å². The van der Waals surface area contributed by atoms with Gasteiger partial charge >= 0.3 is 0 Å². The zero-order valence-corrected chi connectivity index (χ0v) is 10.9. The first-order chi connectivity index (χ1) is 8.23. The summed E-state index contributed by atoms with van der Waals surface area (Å²) in [6, 6.07) is 4.31. The Hall–Kier alpha value is -1.09. The van der Waals surface area contributed by atoms with E-state index in [4.69, 9.17) is 10.7 Å². The minimum Gasteiger partial charge on any atom is -0.363 e. The normalized spacial score (nSPS) is 14.8. The lowest BCUT2D eigenvalue weighted by Gasteiger charge is -2.32. The SMILES string of the molecule is CCC(CC)(CN)Nc1ccc2c(n1)CCC2. The molecule has 0 radical (unpaired) electrons. The number of pyridine rings is 1. The van der Waals surface area contributed by atoms with Crippen molar-refractivity contribution in [2.75, 3.05) is 11.9 Å². The smallest absolute Gasteiger partial charge is 0.126 e. The van der Waals surface area contributed by atoms with Crippen molar-refractivity contribution >= 4 is 5.82 Å². The summed E-state index contributed by atoms with van der Waals surface area (Å²) in [5.74, 6) is 0.986. The number of nitrogens with zero attached hydrogens (tertiary/aromatic N) is 1. The molecule has 0 unspecified atom stereocenters. The van der Waals surface area contributed by atoms with Crippen molar-refractivity contribution in [3.05, 3.63) is 23.4 Å². The Morgan fingerprint density at radius 3 is 2.71 bits per heavy atom. The van der Waals surface area contributed by atoms with Gasteiger partial charge in [0.05, 0.1) is 5.54 Å². The van der Waals surface area contributed by atoms with E-state index >= 15 is 0 Å². The van der Waals surface area contributed by atoms with Gasteiger partial charge in [0.25, 0.3) is 0 Å². The third-order valence-corrected chi connectivity index (χ3v) is 4.07. The van der Waals surface area contributed by atoms with Crippen molar-refractivity contribution in [2.24, 2.45) is 5.73 Å². The van der Waals surface area contributed by atoms with E-state index in [1.54, 1.807) is 0 Å². The van der Waals surface area contributed by atoms with Crippen molar-refractivity contribution in [1.29, 1.82) is 0 Å². The Bertz CT molecular complexity index is 375. The summed E-state index contributed by atoms with van der Waals surface area (Å²) in [6.45, 7) is 5.01. The minimum absolute atomic E-state index is 0.000158. The summed E-state index contributed by atoms with van der Waals surface area (Å²) in [6.07, 6.45) is 5.61. The molecule has 1 aromatic rings. The third kappa shape index (κ3) is 2.44. The van der Waals surface area contributed by atoms with Gasteiger partial charge in [-0.1, -0.05) is 19.9 Å². The summed E-state index contributed by atoms with van der Waals surface area (Å²) in [5, 5.41) is 3.54. The molecule has 1 aliphatic rings. The average molecular weight is 233 g/mol. The Kier molecular flexibility index (Phi) is 3.67. The van der Waals surface area contributed by atoms with Crippen LogP contribution in [0.5, 0.6) is 0 Å². The van der Waals surface area contributed by atoms with Crippen LogP contribution in [0.15, 0.2) is 12.1 Å². The van der Waals surface area contributed by atoms with Gasteiger partial charge < -0.3 is 11.1 Å². The van der Waals surface area contributed by atoms with E-state index in [1.165, 1.54) is 24.1 Å². The number of rotatable bonds is 5. The van der Waals surface area contributed by atoms with E-state index in [2.05, 4.69) is 31.3 Å². The standard InChI is InChI=1S/C14H23N3/c1-3-14(4-2,10-15)17-13-9-8-11-6-5-7-12(11)16-13/h8-9H,3-7,10,15H2,1-2H3,(H,16,17). The molecule has 0 saturated carbocycles. The van der Waals surface area contributed by atoms with Crippen LogP contribution < -0.4 is 11.1 Å². The molecule has 0 bridgehead atoms. The van der Waals surface area contributed by atoms with Gasteiger partial charge in [0, 0.05) is 12.2 Å². The fraction of sp³-hybridized carbons (Fsp3) is 0.643. The highest BCUT2D eigenvalue weighted by Crippen LogP contribution is 2.25. The van der Waals surface area contributed by atoms with Gasteiger partial charge in [-0.2, -0.15) is 0 Å². The molecule has 0 spiro atoms. The molecule has 0 aliphatic heterocycles. The fourth-order valence-electron chi connectivity index (χ4n) is 2.53. The summed E-state index contributed by atoms with van der Waals surface area (Å²) in [4.78, 5) is 4.72. The number of aryl methyl sites for hydroxylation is 2. The first-order valence-corrected chi connectivity index (χ1v) is 6.70. The minimum atomic E-state index is -0.000158. The zero-order chi connectivity index (χ0) is 12.3. The maximum absolute atomic E-state index is 5.90. The Balaban J connectivity index is 2.18. The molecule has 3 N–H and O–H groups in total. The molecule has 3 nitrogen and oxygen atoms in total. The predicted octanol–water partition coefficient (Wildman–Crippen LogP) is 2.50. The molecule has 94 valence electrons. The highest BCUT2D eigenvalue weighted by molar-refractivity contribution is 5.42. The summed E-state index contributed by atoms with van der Waals surface area (Å²) in [7, 11) is 0. The molecule has 3 heteroatoms. The number of hydrogen-bond acceptors (Lipinski definition) is 3. The Morgan fingerprint density at radius 1 is 1.29 bits per heavy atom. The van der Waals surface area contributed by atoms with E-state index in [1.807, 2.05) is 0 Å². The number of anilines is 1. The average Bonchev–Trinajstić information content (AvgIpc) is 2.83. The lowest BCUT2D eigenvalue weighted by atomic mass is 9.93.